The van der Waals surface area contributed by atoms with Crippen molar-refractivity contribution in [2.24, 2.45) is 0 Å². The van der Waals surface area contributed by atoms with E-state index in [2.05, 4.69) is 41.6 Å². The predicted octanol–water partition coefficient (Wildman–Crippen LogP) is 4.56. The fraction of sp³-hybridized carbons (Fsp3) is 0.706. The van der Waals surface area contributed by atoms with Crippen LogP contribution < -0.4 is 0 Å². The molecular weight excluding hydrogens is 264 g/mol. The first kappa shape index (κ1) is 17.5. The van der Waals surface area contributed by atoms with Gasteiger partial charge in [0, 0.05) is 18.9 Å². The normalized spacial score (nSPS) is 11.2. The number of unbranched alkanes of at least 4 members (excludes halogenated alkanes) is 6. The molecule has 1 rings (SSSR count). The Morgan fingerprint density at radius 2 is 1.55 bits per heavy atom. The Balaban J connectivity index is 2.04. The summed E-state index contributed by atoms with van der Waals surface area (Å²) in [4.78, 5) is 6.60. The standard InChI is InChI=1S/C17H30N2S/c1-2-19(16-17-10-12-18-13-11-17)14-8-6-4-3-5-7-9-15-20/h10-13,20H,2-9,14-16H2,1H3. The second-order valence-corrected chi connectivity index (χ2v) is 5.87. The quantitative estimate of drug-likeness (QED) is 0.449. The largest absolute Gasteiger partial charge is 0.299 e. The van der Waals surface area contributed by atoms with Crippen molar-refractivity contribution in [2.75, 3.05) is 18.8 Å². The molecule has 3 heteroatoms. The summed E-state index contributed by atoms with van der Waals surface area (Å²) < 4.78 is 0. The molecule has 0 spiro atoms. The van der Waals surface area contributed by atoms with Crippen LogP contribution >= 0.6 is 12.6 Å². The number of hydrogen-bond donors (Lipinski definition) is 1. The van der Waals surface area contributed by atoms with Crippen molar-refractivity contribution >= 4 is 12.6 Å². The molecule has 0 saturated carbocycles. The monoisotopic (exact) mass is 294 g/mol. The molecule has 0 saturated heterocycles. The molecule has 0 N–H and O–H groups in total. The van der Waals surface area contributed by atoms with Crippen LogP contribution in [0.25, 0.3) is 0 Å². The maximum atomic E-state index is 4.24. The van der Waals surface area contributed by atoms with E-state index in [0.29, 0.717) is 0 Å². The van der Waals surface area contributed by atoms with Crippen LogP contribution in [0, 0.1) is 0 Å². The molecule has 0 aliphatic carbocycles. The van der Waals surface area contributed by atoms with E-state index in [1.165, 1.54) is 57.1 Å². The van der Waals surface area contributed by atoms with E-state index < -0.39 is 0 Å². The highest BCUT2D eigenvalue weighted by molar-refractivity contribution is 7.80. The molecule has 0 unspecified atom stereocenters. The van der Waals surface area contributed by atoms with Crippen molar-refractivity contribution in [2.45, 2.75) is 58.4 Å². The van der Waals surface area contributed by atoms with Crippen LogP contribution in [0.4, 0.5) is 0 Å². The third kappa shape index (κ3) is 8.60. The van der Waals surface area contributed by atoms with Gasteiger partial charge in [0.2, 0.25) is 0 Å². The lowest BCUT2D eigenvalue weighted by Crippen LogP contribution is -2.24. The topological polar surface area (TPSA) is 16.1 Å². The maximum absolute atomic E-state index is 4.24. The number of hydrogen-bond acceptors (Lipinski definition) is 3. The Morgan fingerprint density at radius 1 is 0.950 bits per heavy atom. The van der Waals surface area contributed by atoms with E-state index in [4.69, 9.17) is 0 Å². The molecule has 0 radical (unpaired) electrons. The average Bonchev–Trinajstić information content (AvgIpc) is 2.49. The minimum absolute atomic E-state index is 1.04. The molecule has 1 heterocycles. The second kappa shape index (κ2) is 12.2. The summed E-state index contributed by atoms with van der Waals surface area (Å²) in [5, 5.41) is 0. The molecule has 0 aliphatic rings. The smallest absolute Gasteiger partial charge is 0.0271 e. The van der Waals surface area contributed by atoms with Gasteiger partial charge in [-0.15, -0.1) is 0 Å². The summed E-state index contributed by atoms with van der Waals surface area (Å²) in [6, 6.07) is 4.23. The molecular formula is C17H30N2S. The second-order valence-electron chi connectivity index (χ2n) is 5.42. The van der Waals surface area contributed by atoms with Gasteiger partial charge in [0.25, 0.3) is 0 Å². The molecule has 1 aromatic rings. The summed E-state index contributed by atoms with van der Waals surface area (Å²) in [5.74, 6) is 1.04. The maximum Gasteiger partial charge on any atom is 0.0271 e. The molecule has 0 atom stereocenters. The van der Waals surface area contributed by atoms with Crippen molar-refractivity contribution in [1.82, 2.24) is 9.88 Å². The van der Waals surface area contributed by atoms with E-state index >= 15 is 0 Å². The molecule has 0 fully saturated rings. The summed E-state index contributed by atoms with van der Waals surface area (Å²) in [5.41, 5.74) is 1.37. The Bertz CT molecular complexity index is 316. The minimum Gasteiger partial charge on any atom is -0.299 e. The molecule has 0 aromatic carbocycles. The third-order valence-electron chi connectivity index (χ3n) is 3.74. The van der Waals surface area contributed by atoms with Crippen molar-refractivity contribution in [3.63, 3.8) is 0 Å². The number of aromatic nitrogens is 1. The highest BCUT2D eigenvalue weighted by atomic mass is 32.1. The van der Waals surface area contributed by atoms with Crippen molar-refractivity contribution < 1.29 is 0 Å². The van der Waals surface area contributed by atoms with Gasteiger partial charge in [-0.2, -0.15) is 12.6 Å². The van der Waals surface area contributed by atoms with Crippen LogP contribution in [0.1, 0.15) is 57.4 Å². The third-order valence-corrected chi connectivity index (χ3v) is 4.05. The minimum atomic E-state index is 1.04. The Hall–Kier alpha value is -0.540. The van der Waals surface area contributed by atoms with Gasteiger partial charge in [-0.25, -0.2) is 0 Å². The van der Waals surface area contributed by atoms with Gasteiger partial charge in [-0.05, 0) is 49.4 Å². The zero-order chi connectivity index (χ0) is 14.5. The lowest BCUT2D eigenvalue weighted by Gasteiger charge is -2.20. The van der Waals surface area contributed by atoms with Crippen molar-refractivity contribution in [3.8, 4) is 0 Å². The van der Waals surface area contributed by atoms with Crippen molar-refractivity contribution in [3.05, 3.63) is 30.1 Å². The number of thiol groups is 1. The lowest BCUT2D eigenvalue weighted by atomic mass is 10.1. The summed E-state index contributed by atoms with van der Waals surface area (Å²) >= 11 is 4.24. The van der Waals surface area contributed by atoms with Crippen LogP contribution in [0.2, 0.25) is 0 Å². The SMILES string of the molecule is CCN(CCCCCCCCCS)Cc1ccncc1. The van der Waals surface area contributed by atoms with Crippen LogP contribution in [0.3, 0.4) is 0 Å². The van der Waals surface area contributed by atoms with E-state index in [9.17, 15) is 0 Å². The molecule has 1 aromatic heterocycles. The van der Waals surface area contributed by atoms with Gasteiger partial charge < -0.3 is 0 Å². The van der Waals surface area contributed by atoms with Crippen LogP contribution in [0.5, 0.6) is 0 Å². The number of pyridine rings is 1. The molecule has 20 heavy (non-hydrogen) atoms. The molecule has 2 nitrogen and oxygen atoms in total. The van der Waals surface area contributed by atoms with Gasteiger partial charge >= 0.3 is 0 Å². The first-order valence-corrected chi connectivity index (χ1v) is 8.72. The molecule has 0 aliphatic heterocycles. The van der Waals surface area contributed by atoms with Crippen molar-refractivity contribution in [1.29, 1.82) is 0 Å². The fourth-order valence-electron chi connectivity index (χ4n) is 2.43. The van der Waals surface area contributed by atoms with Gasteiger partial charge in [-0.3, -0.25) is 9.88 Å². The van der Waals surface area contributed by atoms with E-state index in [1.807, 2.05) is 12.4 Å². The van der Waals surface area contributed by atoms with Crippen LogP contribution in [0.15, 0.2) is 24.5 Å². The van der Waals surface area contributed by atoms with E-state index in [0.717, 1.165) is 18.8 Å². The van der Waals surface area contributed by atoms with Gasteiger partial charge in [0.15, 0.2) is 0 Å². The molecule has 0 bridgehead atoms. The lowest BCUT2D eigenvalue weighted by molar-refractivity contribution is 0.272. The van der Waals surface area contributed by atoms with E-state index in [-0.39, 0.29) is 0 Å². The highest BCUT2D eigenvalue weighted by Gasteiger charge is 2.03. The predicted molar refractivity (Wildman–Crippen MR) is 91.4 cm³/mol. The van der Waals surface area contributed by atoms with Gasteiger partial charge in [0.1, 0.15) is 0 Å². The van der Waals surface area contributed by atoms with Gasteiger partial charge in [-0.1, -0.05) is 39.0 Å². The summed E-state index contributed by atoms with van der Waals surface area (Å²) in [7, 11) is 0. The molecule has 0 amide bonds. The Labute approximate surface area is 130 Å². The number of rotatable bonds is 12. The first-order chi connectivity index (χ1) is 9.86. The average molecular weight is 295 g/mol. The first-order valence-electron chi connectivity index (χ1n) is 8.09. The van der Waals surface area contributed by atoms with Crippen LogP contribution in [-0.2, 0) is 6.54 Å². The highest BCUT2D eigenvalue weighted by Crippen LogP contribution is 2.09. The Kier molecular flexibility index (Phi) is 10.7. The zero-order valence-electron chi connectivity index (χ0n) is 12.9. The zero-order valence-corrected chi connectivity index (χ0v) is 13.8. The van der Waals surface area contributed by atoms with Gasteiger partial charge in [0.05, 0.1) is 0 Å². The van der Waals surface area contributed by atoms with E-state index in [1.54, 1.807) is 0 Å². The summed E-state index contributed by atoms with van der Waals surface area (Å²) in [6.45, 7) is 5.65. The Morgan fingerprint density at radius 3 is 2.15 bits per heavy atom. The number of nitrogens with zero attached hydrogens (tertiary/aromatic N) is 2. The summed E-state index contributed by atoms with van der Waals surface area (Å²) in [6.07, 6.45) is 13.3. The fourth-order valence-corrected chi connectivity index (χ4v) is 2.65. The van der Waals surface area contributed by atoms with Crippen LogP contribution in [-0.4, -0.2) is 28.7 Å². The molecule has 114 valence electrons.